The predicted molar refractivity (Wildman–Crippen MR) is 92.7 cm³/mol. The first-order chi connectivity index (χ1) is 10.6. The van der Waals surface area contributed by atoms with E-state index in [9.17, 15) is 0 Å². The van der Waals surface area contributed by atoms with Crippen molar-refractivity contribution < 1.29 is 9.64 Å². The van der Waals surface area contributed by atoms with E-state index in [0.717, 1.165) is 31.9 Å². The van der Waals surface area contributed by atoms with Crippen molar-refractivity contribution in [2.75, 3.05) is 20.2 Å². The Morgan fingerprint density at radius 1 is 0.955 bits per heavy atom. The summed E-state index contributed by atoms with van der Waals surface area (Å²) in [7, 11) is 2.25. The molecule has 0 bridgehead atoms. The van der Waals surface area contributed by atoms with Crippen LogP contribution in [0, 0.1) is 20.8 Å². The molecule has 118 valence electrons. The quantitative estimate of drug-likeness (QED) is 0.776. The first-order valence-electron chi connectivity index (χ1n) is 8.12. The van der Waals surface area contributed by atoms with E-state index in [0.29, 0.717) is 0 Å². The molecule has 2 aromatic rings. The summed E-state index contributed by atoms with van der Waals surface area (Å²) in [6, 6.07) is 15.0. The number of hydrogen-bond donors (Lipinski definition) is 1. The van der Waals surface area contributed by atoms with Gasteiger partial charge in [0.05, 0.1) is 20.2 Å². The van der Waals surface area contributed by atoms with E-state index < -0.39 is 0 Å². The summed E-state index contributed by atoms with van der Waals surface area (Å²) in [6.45, 7) is 9.37. The number of rotatable bonds is 7. The van der Waals surface area contributed by atoms with E-state index in [1.54, 1.807) is 0 Å². The molecule has 1 atom stereocenters. The van der Waals surface area contributed by atoms with Gasteiger partial charge in [-0.15, -0.1) is 0 Å². The maximum Gasteiger partial charge on any atom is 0.125 e. The lowest BCUT2D eigenvalue weighted by Crippen LogP contribution is -3.07. The smallest absolute Gasteiger partial charge is 0.125 e. The molecule has 0 amide bonds. The van der Waals surface area contributed by atoms with Crippen molar-refractivity contribution in [2.24, 2.45) is 0 Å². The molecule has 2 nitrogen and oxygen atoms in total. The van der Waals surface area contributed by atoms with Crippen LogP contribution in [-0.2, 0) is 6.54 Å². The maximum atomic E-state index is 6.01. The number of quaternary nitrogens is 1. The van der Waals surface area contributed by atoms with Gasteiger partial charge in [0, 0.05) is 12.0 Å². The third-order valence-corrected chi connectivity index (χ3v) is 3.95. The molecular weight excluding hydrogens is 270 g/mol. The minimum Gasteiger partial charge on any atom is -0.493 e. The molecule has 2 rings (SSSR count). The molecule has 22 heavy (non-hydrogen) atoms. The summed E-state index contributed by atoms with van der Waals surface area (Å²) in [5.74, 6) is 1.06. The van der Waals surface area contributed by atoms with Gasteiger partial charge in [0.2, 0.25) is 0 Å². The molecule has 2 heteroatoms. The van der Waals surface area contributed by atoms with Crippen LogP contribution in [0.2, 0.25) is 0 Å². The molecule has 0 fully saturated rings. The maximum absolute atomic E-state index is 6.01. The van der Waals surface area contributed by atoms with Crippen molar-refractivity contribution in [3.05, 3.63) is 64.7 Å². The second-order valence-corrected chi connectivity index (χ2v) is 6.30. The summed E-state index contributed by atoms with van der Waals surface area (Å²) in [6.07, 6.45) is 1.07. The highest BCUT2D eigenvalue weighted by atomic mass is 16.5. The van der Waals surface area contributed by atoms with Crippen LogP contribution in [0.1, 0.15) is 28.7 Å². The third kappa shape index (κ3) is 4.88. The molecule has 1 N–H and O–H groups in total. The Balaban J connectivity index is 1.75. The zero-order valence-electron chi connectivity index (χ0n) is 14.3. The van der Waals surface area contributed by atoms with Crippen molar-refractivity contribution >= 4 is 0 Å². The topological polar surface area (TPSA) is 13.7 Å². The highest BCUT2D eigenvalue weighted by Crippen LogP contribution is 2.24. The molecule has 0 aliphatic carbocycles. The van der Waals surface area contributed by atoms with Crippen molar-refractivity contribution in [1.29, 1.82) is 0 Å². The van der Waals surface area contributed by atoms with E-state index in [4.69, 9.17) is 4.74 Å². The average Bonchev–Trinajstić information content (AvgIpc) is 2.46. The lowest BCUT2D eigenvalue weighted by molar-refractivity contribution is -0.894. The van der Waals surface area contributed by atoms with Gasteiger partial charge in [0.15, 0.2) is 0 Å². The Morgan fingerprint density at radius 2 is 1.59 bits per heavy atom. The Labute approximate surface area is 134 Å². The van der Waals surface area contributed by atoms with Crippen LogP contribution in [-0.4, -0.2) is 20.2 Å². The van der Waals surface area contributed by atoms with Crippen LogP contribution in [0.3, 0.4) is 0 Å². The second-order valence-electron chi connectivity index (χ2n) is 6.30. The molecule has 1 unspecified atom stereocenters. The molecule has 0 aliphatic heterocycles. The number of hydrogen-bond acceptors (Lipinski definition) is 1. The van der Waals surface area contributed by atoms with E-state index in [-0.39, 0.29) is 0 Å². The van der Waals surface area contributed by atoms with Crippen molar-refractivity contribution in [3.8, 4) is 5.75 Å². The van der Waals surface area contributed by atoms with Gasteiger partial charge in [-0.3, -0.25) is 0 Å². The van der Waals surface area contributed by atoms with Crippen molar-refractivity contribution in [2.45, 2.75) is 33.7 Å². The lowest BCUT2D eigenvalue weighted by Gasteiger charge is -2.16. The predicted octanol–water partition coefficient (Wildman–Crippen LogP) is 3.10. The molecule has 0 heterocycles. The van der Waals surface area contributed by atoms with Gasteiger partial charge >= 0.3 is 0 Å². The van der Waals surface area contributed by atoms with Crippen LogP contribution >= 0.6 is 0 Å². The molecule has 0 aliphatic rings. The van der Waals surface area contributed by atoms with Crippen molar-refractivity contribution in [3.63, 3.8) is 0 Å². The average molecular weight is 298 g/mol. The third-order valence-electron chi connectivity index (χ3n) is 3.95. The van der Waals surface area contributed by atoms with Gasteiger partial charge in [-0.05, 0) is 31.9 Å². The molecule has 0 aromatic heterocycles. The molecule has 0 saturated carbocycles. The van der Waals surface area contributed by atoms with Gasteiger partial charge in [-0.2, -0.15) is 0 Å². The molecule has 0 saturated heterocycles. The minimum absolute atomic E-state index is 0.789. The van der Waals surface area contributed by atoms with E-state index in [1.165, 1.54) is 27.2 Å². The summed E-state index contributed by atoms with van der Waals surface area (Å²) in [5.41, 5.74) is 5.17. The minimum atomic E-state index is 0.789. The number of ether oxygens (including phenoxy) is 1. The first kappa shape index (κ1) is 16.6. The van der Waals surface area contributed by atoms with Crippen LogP contribution < -0.4 is 9.64 Å². The fourth-order valence-electron chi connectivity index (χ4n) is 2.98. The van der Waals surface area contributed by atoms with Gasteiger partial charge in [-0.25, -0.2) is 0 Å². The van der Waals surface area contributed by atoms with Crippen LogP contribution in [0.5, 0.6) is 5.75 Å². The van der Waals surface area contributed by atoms with E-state index in [2.05, 4.69) is 70.3 Å². The van der Waals surface area contributed by atoms with Gasteiger partial charge in [0.1, 0.15) is 12.3 Å². The summed E-state index contributed by atoms with van der Waals surface area (Å²) < 4.78 is 6.01. The number of nitrogens with one attached hydrogen (secondary N) is 1. The molecular formula is C20H28NO+. The van der Waals surface area contributed by atoms with Crippen LogP contribution in [0.15, 0.2) is 42.5 Å². The fourth-order valence-corrected chi connectivity index (χ4v) is 2.98. The van der Waals surface area contributed by atoms with E-state index in [1.807, 2.05) is 0 Å². The van der Waals surface area contributed by atoms with Crippen LogP contribution in [0.4, 0.5) is 0 Å². The highest BCUT2D eigenvalue weighted by molar-refractivity contribution is 5.42. The Morgan fingerprint density at radius 3 is 2.23 bits per heavy atom. The zero-order valence-corrected chi connectivity index (χ0v) is 14.3. The SMILES string of the molecule is Cc1cc(C)c(OCCC[NH+](C)Cc2ccccc2)c(C)c1. The number of benzene rings is 2. The van der Waals surface area contributed by atoms with Crippen LogP contribution in [0.25, 0.3) is 0 Å². The van der Waals surface area contributed by atoms with Gasteiger partial charge in [-0.1, -0.05) is 48.0 Å². The largest absolute Gasteiger partial charge is 0.493 e. The second kappa shape index (κ2) is 8.00. The lowest BCUT2D eigenvalue weighted by atomic mass is 10.1. The monoisotopic (exact) mass is 298 g/mol. The standard InChI is InChI=1S/C20H27NO/c1-16-13-17(2)20(18(3)14-16)22-12-8-11-21(4)15-19-9-6-5-7-10-19/h5-7,9-10,13-14H,8,11-12,15H2,1-4H3/p+1. The van der Waals surface area contributed by atoms with Gasteiger partial charge in [0.25, 0.3) is 0 Å². The highest BCUT2D eigenvalue weighted by Gasteiger charge is 2.07. The molecule has 2 aromatic carbocycles. The normalized spacial score (nSPS) is 12.2. The molecule has 0 spiro atoms. The van der Waals surface area contributed by atoms with Gasteiger partial charge < -0.3 is 9.64 Å². The van der Waals surface area contributed by atoms with Crippen molar-refractivity contribution in [1.82, 2.24) is 0 Å². The summed E-state index contributed by atoms with van der Waals surface area (Å²) >= 11 is 0. The Bertz CT molecular complexity index is 569. The zero-order chi connectivity index (χ0) is 15.9. The fraction of sp³-hybridized carbons (Fsp3) is 0.400. The van der Waals surface area contributed by atoms with E-state index >= 15 is 0 Å². The summed E-state index contributed by atoms with van der Waals surface area (Å²) in [5, 5.41) is 0. The summed E-state index contributed by atoms with van der Waals surface area (Å²) in [4.78, 5) is 1.52. The Kier molecular flexibility index (Phi) is 6.02. The first-order valence-corrected chi connectivity index (χ1v) is 8.12. The Hall–Kier alpha value is -1.80. The molecule has 0 radical (unpaired) electrons. The number of aryl methyl sites for hydroxylation is 3.